The predicted molar refractivity (Wildman–Crippen MR) is 143 cm³/mol. The number of hydrogen-bond acceptors (Lipinski definition) is 6. The van der Waals surface area contributed by atoms with Crippen LogP contribution in [0, 0.1) is 6.92 Å². The molecule has 2 N–H and O–H groups in total. The van der Waals surface area contributed by atoms with E-state index in [2.05, 4.69) is 9.72 Å². The van der Waals surface area contributed by atoms with E-state index >= 15 is 0 Å². The number of carbonyl (C=O) groups is 1. The van der Waals surface area contributed by atoms with Gasteiger partial charge in [-0.25, -0.2) is 4.98 Å². The molecule has 2 heterocycles. The number of pyridine rings is 1. The number of rotatable bonds is 7. The number of aromatic nitrogens is 1. The number of benzene rings is 2. The lowest BCUT2D eigenvalue weighted by molar-refractivity contribution is -0.274. The van der Waals surface area contributed by atoms with Gasteiger partial charge in [0.2, 0.25) is 5.91 Å². The van der Waals surface area contributed by atoms with E-state index in [9.17, 15) is 28.2 Å². The van der Waals surface area contributed by atoms with Crippen LogP contribution >= 0.6 is 0 Å². The first-order valence-corrected chi connectivity index (χ1v) is 12.6. The fourth-order valence-electron chi connectivity index (χ4n) is 5.03. The van der Waals surface area contributed by atoms with Gasteiger partial charge in [-0.2, -0.15) is 0 Å². The molecule has 1 aliphatic heterocycles. The van der Waals surface area contributed by atoms with Crippen molar-refractivity contribution in [1.29, 1.82) is 0 Å². The van der Waals surface area contributed by atoms with Crippen molar-refractivity contribution in [3.05, 3.63) is 71.9 Å². The van der Waals surface area contributed by atoms with Gasteiger partial charge in [-0.1, -0.05) is 36.4 Å². The van der Waals surface area contributed by atoms with Gasteiger partial charge in [-0.15, -0.1) is 13.2 Å². The Morgan fingerprint density at radius 1 is 1.13 bits per heavy atom. The number of carbonyl (C=O) groups excluding carboxylic acids is 1. The van der Waals surface area contributed by atoms with Crippen molar-refractivity contribution in [3.8, 4) is 16.9 Å². The highest BCUT2D eigenvalue weighted by molar-refractivity contribution is 6.03. The summed E-state index contributed by atoms with van der Waals surface area (Å²) in [5, 5.41) is 20.0. The van der Waals surface area contributed by atoms with Crippen LogP contribution in [0.4, 0.5) is 24.7 Å². The molecule has 0 unspecified atom stereocenters. The van der Waals surface area contributed by atoms with Crippen LogP contribution in [-0.2, 0) is 10.2 Å². The van der Waals surface area contributed by atoms with E-state index < -0.39 is 23.6 Å². The number of halogens is 3. The zero-order valence-corrected chi connectivity index (χ0v) is 22.2. The van der Waals surface area contributed by atoms with Gasteiger partial charge in [0.05, 0.1) is 36.1 Å². The maximum Gasteiger partial charge on any atom is 0.573 e. The molecule has 4 rings (SSSR count). The summed E-state index contributed by atoms with van der Waals surface area (Å²) < 4.78 is 42.4. The third-order valence-corrected chi connectivity index (χ3v) is 7.19. The zero-order chi connectivity index (χ0) is 28.5. The monoisotopic (exact) mass is 543 g/mol. The summed E-state index contributed by atoms with van der Waals surface area (Å²) in [4.78, 5) is 21.8. The summed E-state index contributed by atoms with van der Waals surface area (Å²) in [5.74, 6) is -0.202. The van der Waals surface area contributed by atoms with Crippen LogP contribution in [-0.4, -0.2) is 59.8 Å². The van der Waals surface area contributed by atoms with E-state index in [1.54, 1.807) is 33.2 Å². The standard InChI is InChI=1S/C29H32F3N3O4/c1-18-8-5-6-11-23(18)24-14-26(35-16-21(37)13-20(35)17-36)33-15-25(24)34(4)27(38)28(2,3)19-9-7-10-22(12-19)39-29(30,31)32/h5-12,14-15,20-21,36-37H,13,16-17H2,1-4H3/t20-,21+/m0/s1. The first-order valence-electron chi connectivity index (χ1n) is 12.6. The lowest BCUT2D eigenvalue weighted by atomic mass is 9.83. The molecule has 2 atom stereocenters. The molecule has 3 aromatic rings. The van der Waals surface area contributed by atoms with Gasteiger partial charge in [-0.3, -0.25) is 4.79 Å². The number of aryl methyl sites for hydroxylation is 1. The quantitative estimate of drug-likeness (QED) is 0.444. The average Bonchev–Trinajstić information content (AvgIpc) is 3.27. The summed E-state index contributed by atoms with van der Waals surface area (Å²) in [5.41, 5.74) is 2.22. The number of amides is 1. The number of aliphatic hydroxyl groups is 2. The van der Waals surface area contributed by atoms with Gasteiger partial charge in [0.15, 0.2) is 0 Å². The fraction of sp³-hybridized carbons (Fsp3) is 0.379. The minimum Gasteiger partial charge on any atom is -0.406 e. The minimum atomic E-state index is -4.85. The van der Waals surface area contributed by atoms with Gasteiger partial charge >= 0.3 is 6.36 Å². The minimum absolute atomic E-state index is 0.135. The van der Waals surface area contributed by atoms with Crippen LogP contribution in [0.1, 0.15) is 31.4 Å². The number of alkyl halides is 3. The molecule has 2 aromatic carbocycles. The van der Waals surface area contributed by atoms with E-state index in [0.29, 0.717) is 30.0 Å². The Morgan fingerprint density at radius 2 is 1.85 bits per heavy atom. The molecule has 1 fully saturated rings. The van der Waals surface area contributed by atoms with Crippen molar-refractivity contribution in [2.24, 2.45) is 0 Å². The molecular formula is C29H32F3N3O4. The van der Waals surface area contributed by atoms with Gasteiger partial charge in [0, 0.05) is 19.2 Å². The molecule has 0 bridgehead atoms. The molecule has 10 heteroatoms. The Hall–Kier alpha value is -3.63. The van der Waals surface area contributed by atoms with Crippen molar-refractivity contribution in [2.45, 2.75) is 51.1 Å². The fourth-order valence-corrected chi connectivity index (χ4v) is 5.03. The van der Waals surface area contributed by atoms with Crippen LogP contribution in [0.5, 0.6) is 5.75 Å². The maximum atomic E-state index is 13.9. The average molecular weight is 544 g/mol. The van der Waals surface area contributed by atoms with E-state index in [0.717, 1.165) is 16.7 Å². The largest absolute Gasteiger partial charge is 0.573 e. The Morgan fingerprint density at radius 3 is 2.51 bits per heavy atom. The van der Waals surface area contributed by atoms with Crippen molar-refractivity contribution in [2.75, 3.05) is 30.0 Å². The highest BCUT2D eigenvalue weighted by atomic mass is 19.4. The van der Waals surface area contributed by atoms with Crippen LogP contribution in [0.3, 0.4) is 0 Å². The molecular weight excluding hydrogens is 511 g/mol. The number of aliphatic hydroxyl groups excluding tert-OH is 2. The number of anilines is 2. The van der Waals surface area contributed by atoms with Gasteiger partial charge < -0.3 is 24.7 Å². The SMILES string of the molecule is Cc1ccccc1-c1cc(N2C[C@H](O)C[C@H]2CO)ncc1N(C)C(=O)C(C)(C)c1cccc(OC(F)(F)F)c1. The summed E-state index contributed by atoms with van der Waals surface area (Å²) in [7, 11) is 1.61. The lowest BCUT2D eigenvalue weighted by Crippen LogP contribution is -2.42. The van der Waals surface area contributed by atoms with E-state index in [4.69, 9.17) is 0 Å². The van der Waals surface area contributed by atoms with Crippen molar-refractivity contribution in [1.82, 2.24) is 4.98 Å². The topological polar surface area (TPSA) is 86.1 Å². The smallest absolute Gasteiger partial charge is 0.406 e. The third kappa shape index (κ3) is 6.02. The second kappa shape index (κ2) is 10.9. The highest BCUT2D eigenvalue weighted by Gasteiger charge is 2.37. The second-order valence-electron chi connectivity index (χ2n) is 10.3. The first kappa shape index (κ1) is 28.4. The number of nitrogens with zero attached hydrogens (tertiary/aromatic N) is 3. The predicted octanol–water partition coefficient (Wildman–Crippen LogP) is 4.83. The number of β-amino-alcohol motifs (C(OH)–C–C–N with tert-alkyl or cyclic N) is 1. The van der Waals surface area contributed by atoms with E-state index in [1.165, 1.54) is 23.1 Å². The molecule has 1 aliphatic rings. The van der Waals surface area contributed by atoms with Gasteiger partial charge in [0.25, 0.3) is 0 Å². The first-order chi connectivity index (χ1) is 18.3. The van der Waals surface area contributed by atoms with Crippen molar-refractivity contribution >= 4 is 17.4 Å². The third-order valence-electron chi connectivity index (χ3n) is 7.19. The maximum absolute atomic E-state index is 13.9. The highest BCUT2D eigenvalue weighted by Crippen LogP contribution is 2.38. The molecule has 0 radical (unpaired) electrons. The Bertz CT molecular complexity index is 1350. The number of ether oxygens (including phenoxy) is 1. The molecule has 7 nitrogen and oxygen atoms in total. The Kier molecular flexibility index (Phi) is 7.90. The van der Waals surface area contributed by atoms with E-state index in [1.807, 2.05) is 42.2 Å². The molecule has 0 saturated carbocycles. The summed E-state index contributed by atoms with van der Waals surface area (Å²) in [6.07, 6.45) is -3.44. The van der Waals surface area contributed by atoms with Crippen LogP contribution in [0.15, 0.2) is 60.8 Å². The summed E-state index contributed by atoms with van der Waals surface area (Å²) in [6.45, 7) is 5.43. The van der Waals surface area contributed by atoms with Gasteiger partial charge in [0.1, 0.15) is 11.6 Å². The number of likely N-dealkylation sites (N-methyl/N-ethyl adjacent to an activating group) is 1. The summed E-state index contributed by atoms with van der Waals surface area (Å²) in [6, 6.07) is 14.7. The summed E-state index contributed by atoms with van der Waals surface area (Å²) >= 11 is 0. The molecule has 0 spiro atoms. The molecule has 1 amide bonds. The van der Waals surface area contributed by atoms with Crippen molar-refractivity contribution in [3.63, 3.8) is 0 Å². The molecule has 208 valence electrons. The van der Waals surface area contributed by atoms with E-state index in [-0.39, 0.29) is 18.6 Å². The van der Waals surface area contributed by atoms with Crippen LogP contribution in [0.2, 0.25) is 0 Å². The van der Waals surface area contributed by atoms with Crippen LogP contribution < -0.4 is 14.5 Å². The normalized spacial score (nSPS) is 17.8. The Labute approximate surface area is 225 Å². The Balaban J connectivity index is 1.74. The van der Waals surface area contributed by atoms with Crippen LogP contribution in [0.25, 0.3) is 11.1 Å². The second-order valence-corrected chi connectivity index (χ2v) is 10.3. The van der Waals surface area contributed by atoms with Gasteiger partial charge in [-0.05, 0) is 62.1 Å². The van der Waals surface area contributed by atoms with Crippen molar-refractivity contribution < 1.29 is 32.9 Å². The molecule has 1 aromatic heterocycles. The zero-order valence-electron chi connectivity index (χ0n) is 22.2. The number of hydrogen-bond donors (Lipinski definition) is 2. The molecule has 1 saturated heterocycles. The lowest BCUT2D eigenvalue weighted by Gasteiger charge is -2.32. The molecule has 0 aliphatic carbocycles. The molecule has 39 heavy (non-hydrogen) atoms.